The Labute approximate surface area is 152 Å². The molecule has 0 amide bonds. The zero-order chi connectivity index (χ0) is 17.8. The fraction of sp³-hybridized carbons (Fsp3) is 0.300. The molecule has 1 aliphatic heterocycles. The van der Waals surface area contributed by atoms with Crippen molar-refractivity contribution >= 4 is 22.5 Å². The van der Waals surface area contributed by atoms with E-state index >= 15 is 0 Å². The maximum absolute atomic E-state index is 6.11. The lowest BCUT2D eigenvalue weighted by Gasteiger charge is -2.23. The molecule has 26 heavy (non-hydrogen) atoms. The lowest BCUT2D eigenvalue weighted by molar-refractivity contribution is 0.162. The van der Waals surface area contributed by atoms with Crippen LogP contribution in [0.4, 0.5) is 11.6 Å². The first-order chi connectivity index (χ1) is 12.8. The molecule has 2 aromatic carbocycles. The third-order valence-corrected chi connectivity index (χ3v) is 4.47. The number of rotatable bonds is 5. The lowest BCUT2D eigenvalue weighted by Crippen LogP contribution is -2.34. The van der Waals surface area contributed by atoms with Gasteiger partial charge in [0.1, 0.15) is 17.6 Å². The van der Waals surface area contributed by atoms with Crippen molar-refractivity contribution in [3.05, 3.63) is 48.7 Å². The minimum atomic E-state index is 0.268. The van der Waals surface area contributed by atoms with E-state index in [0.29, 0.717) is 5.95 Å². The molecule has 0 unspecified atom stereocenters. The first kappa shape index (κ1) is 16.6. The van der Waals surface area contributed by atoms with Gasteiger partial charge in [0.25, 0.3) is 0 Å². The SMILES string of the molecule is COc1cccc(Nc2ncc3ccc(OC4CCNCC4)cc3n2)c1. The number of ether oxygens (including phenoxy) is 2. The second kappa shape index (κ2) is 7.58. The average Bonchev–Trinajstić information content (AvgIpc) is 2.69. The molecule has 1 saturated heterocycles. The molecule has 1 aromatic heterocycles. The molecule has 0 radical (unpaired) electrons. The van der Waals surface area contributed by atoms with Crippen LogP contribution in [0.2, 0.25) is 0 Å². The summed E-state index contributed by atoms with van der Waals surface area (Å²) in [7, 11) is 1.65. The summed E-state index contributed by atoms with van der Waals surface area (Å²) < 4.78 is 11.4. The van der Waals surface area contributed by atoms with Crippen molar-refractivity contribution in [1.29, 1.82) is 0 Å². The molecule has 0 saturated carbocycles. The Morgan fingerprint density at radius 1 is 1.08 bits per heavy atom. The van der Waals surface area contributed by atoms with Gasteiger partial charge in [-0.2, -0.15) is 0 Å². The van der Waals surface area contributed by atoms with E-state index in [1.807, 2.05) is 48.7 Å². The van der Waals surface area contributed by atoms with Gasteiger partial charge >= 0.3 is 0 Å². The van der Waals surface area contributed by atoms with Crippen LogP contribution in [0, 0.1) is 0 Å². The Kier molecular flexibility index (Phi) is 4.84. The number of benzene rings is 2. The van der Waals surface area contributed by atoms with Gasteiger partial charge in [0.15, 0.2) is 0 Å². The van der Waals surface area contributed by atoms with Crippen molar-refractivity contribution in [2.24, 2.45) is 0 Å². The molecule has 3 aromatic rings. The summed E-state index contributed by atoms with van der Waals surface area (Å²) in [5.74, 6) is 2.19. The monoisotopic (exact) mass is 350 g/mol. The van der Waals surface area contributed by atoms with Gasteiger partial charge in [0.2, 0.25) is 5.95 Å². The van der Waals surface area contributed by atoms with Crippen LogP contribution in [0.1, 0.15) is 12.8 Å². The first-order valence-corrected chi connectivity index (χ1v) is 8.85. The normalized spacial score (nSPS) is 15.0. The van der Waals surface area contributed by atoms with Gasteiger partial charge in [0, 0.05) is 29.4 Å². The Balaban J connectivity index is 1.54. The number of nitrogens with one attached hydrogen (secondary N) is 2. The number of fused-ring (bicyclic) bond motifs is 1. The topological polar surface area (TPSA) is 68.3 Å². The Hall–Kier alpha value is -2.86. The minimum Gasteiger partial charge on any atom is -0.497 e. The van der Waals surface area contributed by atoms with E-state index in [-0.39, 0.29) is 6.10 Å². The predicted molar refractivity (Wildman–Crippen MR) is 102 cm³/mol. The van der Waals surface area contributed by atoms with E-state index in [2.05, 4.69) is 20.6 Å². The summed E-state index contributed by atoms with van der Waals surface area (Å²) in [6.07, 6.45) is 4.15. The van der Waals surface area contributed by atoms with Crippen molar-refractivity contribution in [3.8, 4) is 11.5 Å². The molecule has 6 heteroatoms. The maximum Gasteiger partial charge on any atom is 0.227 e. The average molecular weight is 350 g/mol. The minimum absolute atomic E-state index is 0.268. The third-order valence-electron chi connectivity index (χ3n) is 4.47. The summed E-state index contributed by atoms with van der Waals surface area (Å²) in [6, 6.07) is 13.7. The van der Waals surface area contributed by atoms with Crippen LogP contribution in [0.15, 0.2) is 48.7 Å². The number of anilines is 2. The number of aromatic nitrogens is 2. The number of hydrogen-bond donors (Lipinski definition) is 2. The van der Waals surface area contributed by atoms with Gasteiger partial charge < -0.3 is 20.1 Å². The van der Waals surface area contributed by atoms with Crippen molar-refractivity contribution in [1.82, 2.24) is 15.3 Å². The zero-order valence-electron chi connectivity index (χ0n) is 14.7. The van der Waals surface area contributed by atoms with Crippen molar-refractivity contribution in [2.45, 2.75) is 18.9 Å². The van der Waals surface area contributed by atoms with Gasteiger partial charge in [-0.3, -0.25) is 0 Å². The zero-order valence-corrected chi connectivity index (χ0v) is 14.7. The summed E-state index contributed by atoms with van der Waals surface area (Å²) in [5, 5.41) is 7.56. The standard InChI is InChI=1S/C20H22N4O2/c1-25-17-4-2-3-15(11-17)23-20-22-13-14-5-6-18(12-19(14)24-20)26-16-7-9-21-10-8-16/h2-6,11-13,16,21H,7-10H2,1H3,(H,22,23,24). The van der Waals surface area contributed by atoms with Crippen LogP contribution in [-0.4, -0.2) is 36.3 Å². The fourth-order valence-corrected chi connectivity index (χ4v) is 3.07. The molecule has 0 aliphatic carbocycles. The number of methoxy groups -OCH3 is 1. The molecule has 2 heterocycles. The molecule has 1 aliphatic rings. The van der Waals surface area contributed by atoms with E-state index in [1.54, 1.807) is 7.11 Å². The lowest BCUT2D eigenvalue weighted by atomic mass is 10.1. The highest BCUT2D eigenvalue weighted by atomic mass is 16.5. The molecule has 134 valence electrons. The Morgan fingerprint density at radius 3 is 2.81 bits per heavy atom. The quantitative estimate of drug-likeness (QED) is 0.734. The largest absolute Gasteiger partial charge is 0.497 e. The van der Waals surface area contributed by atoms with Gasteiger partial charge in [0.05, 0.1) is 12.6 Å². The van der Waals surface area contributed by atoms with Gasteiger partial charge in [-0.05, 0) is 50.2 Å². The van der Waals surface area contributed by atoms with E-state index in [4.69, 9.17) is 9.47 Å². The summed E-state index contributed by atoms with van der Waals surface area (Å²) >= 11 is 0. The molecule has 6 nitrogen and oxygen atoms in total. The first-order valence-electron chi connectivity index (χ1n) is 8.85. The molecule has 0 bridgehead atoms. The maximum atomic E-state index is 6.11. The number of hydrogen-bond acceptors (Lipinski definition) is 6. The summed E-state index contributed by atoms with van der Waals surface area (Å²) in [6.45, 7) is 2.02. The predicted octanol–water partition coefficient (Wildman–Crippen LogP) is 3.51. The van der Waals surface area contributed by atoms with Crippen molar-refractivity contribution in [3.63, 3.8) is 0 Å². The van der Waals surface area contributed by atoms with Gasteiger partial charge in [-0.15, -0.1) is 0 Å². The Morgan fingerprint density at radius 2 is 1.96 bits per heavy atom. The Bertz CT molecular complexity index is 894. The van der Waals surface area contributed by atoms with Crippen molar-refractivity contribution < 1.29 is 9.47 Å². The molecule has 0 spiro atoms. The van der Waals surface area contributed by atoms with Crippen LogP contribution in [0.25, 0.3) is 10.9 Å². The highest BCUT2D eigenvalue weighted by Crippen LogP contribution is 2.24. The number of nitrogens with zero attached hydrogens (tertiary/aromatic N) is 2. The van der Waals surface area contributed by atoms with E-state index < -0.39 is 0 Å². The summed E-state index contributed by atoms with van der Waals surface area (Å²) in [4.78, 5) is 9.02. The summed E-state index contributed by atoms with van der Waals surface area (Å²) in [5.41, 5.74) is 1.74. The fourth-order valence-electron chi connectivity index (χ4n) is 3.07. The molecule has 2 N–H and O–H groups in total. The molecule has 0 atom stereocenters. The molecular formula is C20H22N4O2. The van der Waals surface area contributed by atoms with Crippen LogP contribution in [0.5, 0.6) is 11.5 Å². The molecule has 1 fully saturated rings. The highest BCUT2D eigenvalue weighted by molar-refractivity contribution is 5.80. The van der Waals surface area contributed by atoms with E-state index in [1.165, 1.54) is 0 Å². The number of piperidine rings is 1. The van der Waals surface area contributed by atoms with Crippen LogP contribution in [0.3, 0.4) is 0 Å². The van der Waals surface area contributed by atoms with Gasteiger partial charge in [-0.25, -0.2) is 9.97 Å². The third kappa shape index (κ3) is 3.86. The second-order valence-electron chi connectivity index (χ2n) is 6.34. The molecular weight excluding hydrogens is 328 g/mol. The van der Waals surface area contributed by atoms with Gasteiger partial charge in [-0.1, -0.05) is 6.07 Å². The second-order valence-corrected chi connectivity index (χ2v) is 6.34. The van der Waals surface area contributed by atoms with E-state index in [9.17, 15) is 0 Å². The van der Waals surface area contributed by atoms with E-state index in [0.717, 1.165) is 54.0 Å². The van der Waals surface area contributed by atoms with Crippen LogP contribution in [-0.2, 0) is 0 Å². The smallest absolute Gasteiger partial charge is 0.227 e. The van der Waals surface area contributed by atoms with Crippen LogP contribution >= 0.6 is 0 Å². The highest BCUT2D eigenvalue weighted by Gasteiger charge is 2.14. The van der Waals surface area contributed by atoms with Crippen molar-refractivity contribution in [2.75, 3.05) is 25.5 Å². The van der Waals surface area contributed by atoms with Crippen LogP contribution < -0.4 is 20.1 Å². The molecule has 4 rings (SSSR count).